The zero-order valence-electron chi connectivity index (χ0n) is 10.8. The minimum atomic E-state index is -0.515. The van der Waals surface area contributed by atoms with Crippen molar-refractivity contribution in [3.63, 3.8) is 0 Å². The van der Waals surface area contributed by atoms with Gasteiger partial charge in [0, 0.05) is 17.6 Å². The lowest BCUT2D eigenvalue weighted by Crippen LogP contribution is -2.44. The highest BCUT2D eigenvalue weighted by molar-refractivity contribution is 5.98. The van der Waals surface area contributed by atoms with E-state index in [-0.39, 0.29) is 23.3 Å². The SMILES string of the molecule is Cc1cccc(C(=O)NC2CCCC2N)c1[N+](=O)[O-]. The Hall–Kier alpha value is -1.95. The molecule has 1 aromatic rings. The van der Waals surface area contributed by atoms with Gasteiger partial charge in [0.1, 0.15) is 5.56 Å². The third-order valence-corrected chi connectivity index (χ3v) is 3.55. The van der Waals surface area contributed by atoms with Crippen molar-refractivity contribution in [2.45, 2.75) is 38.3 Å². The Kier molecular flexibility index (Phi) is 3.80. The number of carbonyl (C=O) groups excluding carboxylic acids is 1. The molecule has 2 atom stereocenters. The maximum atomic E-state index is 12.2. The molecule has 1 fully saturated rings. The fourth-order valence-electron chi connectivity index (χ4n) is 2.50. The molecule has 2 rings (SSSR count). The summed E-state index contributed by atoms with van der Waals surface area (Å²) in [7, 11) is 0. The van der Waals surface area contributed by atoms with Gasteiger partial charge in [-0.25, -0.2) is 0 Å². The summed E-state index contributed by atoms with van der Waals surface area (Å²) in [5.41, 5.74) is 6.33. The van der Waals surface area contributed by atoms with Crippen LogP contribution >= 0.6 is 0 Å². The van der Waals surface area contributed by atoms with Crippen molar-refractivity contribution in [1.29, 1.82) is 0 Å². The molecule has 0 spiro atoms. The van der Waals surface area contributed by atoms with Gasteiger partial charge < -0.3 is 11.1 Å². The first-order chi connectivity index (χ1) is 9.00. The maximum Gasteiger partial charge on any atom is 0.285 e. The number of nitrogens with zero attached hydrogens (tertiary/aromatic N) is 1. The van der Waals surface area contributed by atoms with Gasteiger partial charge in [-0.1, -0.05) is 12.1 Å². The Balaban J connectivity index is 2.24. The van der Waals surface area contributed by atoms with E-state index in [1.54, 1.807) is 19.1 Å². The lowest BCUT2D eigenvalue weighted by molar-refractivity contribution is -0.385. The molecular formula is C13H17N3O3. The van der Waals surface area contributed by atoms with Crippen LogP contribution in [0.5, 0.6) is 0 Å². The summed E-state index contributed by atoms with van der Waals surface area (Å²) >= 11 is 0. The number of hydrogen-bond donors (Lipinski definition) is 2. The van der Waals surface area contributed by atoms with E-state index in [0.717, 1.165) is 19.3 Å². The van der Waals surface area contributed by atoms with Crippen LogP contribution in [-0.4, -0.2) is 22.9 Å². The Morgan fingerprint density at radius 3 is 2.79 bits per heavy atom. The maximum absolute atomic E-state index is 12.2. The standard InChI is InChI=1S/C13H17N3O3/c1-8-4-2-5-9(12(8)16(18)19)13(17)15-11-7-3-6-10(11)14/h2,4-5,10-11H,3,6-7,14H2,1H3,(H,15,17). The number of amides is 1. The summed E-state index contributed by atoms with van der Waals surface area (Å²) in [5, 5.41) is 13.8. The molecule has 0 radical (unpaired) electrons. The number of hydrogen-bond acceptors (Lipinski definition) is 4. The van der Waals surface area contributed by atoms with Crippen molar-refractivity contribution in [3.8, 4) is 0 Å². The van der Waals surface area contributed by atoms with Gasteiger partial charge in [0.25, 0.3) is 11.6 Å². The second-order valence-electron chi connectivity index (χ2n) is 4.90. The highest BCUT2D eigenvalue weighted by Crippen LogP contribution is 2.24. The molecule has 1 saturated carbocycles. The molecule has 1 aromatic carbocycles. The van der Waals surface area contributed by atoms with Crippen molar-refractivity contribution < 1.29 is 9.72 Å². The molecule has 0 bridgehead atoms. The highest BCUT2D eigenvalue weighted by atomic mass is 16.6. The molecule has 102 valence electrons. The van der Waals surface area contributed by atoms with Crippen LogP contribution < -0.4 is 11.1 Å². The predicted molar refractivity (Wildman–Crippen MR) is 70.9 cm³/mol. The van der Waals surface area contributed by atoms with Crippen molar-refractivity contribution in [2.24, 2.45) is 5.73 Å². The minimum Gasteiger partial charge on any atom is -0.348 e. The molecule has 2 unspecified atom stereocenters. The Labute approximate surface area is 111 Å². The molecule has 1 aliphatic rings. The van der Waals surface area contributed by atoms with Gasteiger partial charge in [-0.3, -0.25) is 14.9 Å². The van der Waals surface area contributed by atoms with Gasteiger partial charge in [-0.15, -0.1) is 0 Å². The van der Waals surface area contributed by atoms with Gasteiger partial charge in [-0.2, -0.15) is 0 Å². The molecule has 0 aliphatic heterocycles. The normalized spacial score (nSPS) is 22.2. The molecule has 3 N–H and O–H groups in total. The summed E-state index contributed by atoms with van der Waals surface area (Å²) < 4.78 is 0. The Morgan fingerprint density at radius 2 is 2.21 bits per heavy atom. The summed E-state index contributed by atoms with van der Waals surface area (Å²) in [6.45, 7) is 1.62. The van der Waals surface area contributed by atoms with Crippen LogP contribution in [0, 0.1) is 17.0 Å². The lowest BCUT2D eigenvalue weighted by atomic mass is 10.1. The zero-order valence-corrected chi connectivity index (χ0v) is 10.8. The van der Waals surface area contributed by atoms with Crippen LogP contribution in [0.2, 0.25) is 0 Å². The molecule has 6 nitrogen and oxygen atoms in total. The van der Waals surface area contributed by atoms with Gasteiger partial charge in [-0.05, 0) is 32.3 Å². The number of benzene rings is 1. The van der Waals surface area contributed by atoms with E-state index in [1.807, 2.05) is 0 Å². The van der Waals surface area contributed by atoms with Gasteiger partial charge in [0.05, 0.1) is 4.92 Å². The van der Waals surface area contributed by atoms with Gasteiger partial charge in [0.15, 0.2) is 0 Å². The number of rotatable bonds is 3. The predicted octanol–water partition coefficient (Wildman–Crippen LogP) is 1.51. The minimum absolute atomic E-state index is 0.0622. The van der Waals surface area contributed by atoms with Crippen LogP contribution in [-0.2, 0) is 0 Å². The second-order valence-corrected chi connectivity index (χ2v) is 4.90. The van der Waals surface area contributed by atoms with Crippen LogP contribution in [0.1, 0.15) is 35.2 Å². The van der Waals surface area contributed by atoms with Crippen LogP contribution in [0.25, 0.3) is 0 Å². The number of nitro groups is 1. The lowest BCUT2D eigenvalue weighted by Gasteiger charge is -2.17. The number of nitrogens with two attached hydrogens (primary N) is 1. The summed E-state index contributed by atoms with van der Waals surface area (Å²) in [6.07, 6.45) is 2.68. The fraction of sp³-hybridized carbons (Fsp3) is 0.462. The summed E-state index contributed by atoms with van der Waals surface area (Å²) in [5.74, 6) is -0.419. The van der Waals surface area contributed by atoms with E-state index in [0.29, 0.717) is 5.56 Å². The monoisotopic (exact) mass is 263 g/mol. The molecule has 0 aromatic heterocycles. The molecule has 0 saturated heterocycles. The number of nitrogens with one attached hydrogen (secondary N) is 1. The van der Waals surface area contributed by atoms with Gasteiger partial charge >= 0.3 is 0 Å². The molecule has 19 heavy (non-hydrogen) atoms. The molecular weight excluding hydrogens is 246 g/mol. The largest absolute Gasteiger partial charge is 0.348 e. The van der Waals surface area contributed by atoms with E-state index in [4.69, 9.17) is 5.73 Å². The number of nitro benzene ring substituents is 1. The highest BCUT2D eigenvalue weighted by Gasteiger charge is 2.28. The first kappa shape index (κ1) is 13.5. The topological polar surface area (TPSA) is 98.3 Å². The van der Waals surface area contributed by atoms with Crippen LogP contribution in [0.15, 0.2) is 18.2 Å². The fourth-order valence-corrected chi connectivity index (χ4v) is 2.50. The Bertz CT molecular complexity index is 516. The molecule has 1 amide bonds. The molecule has 0 heterocycles. The first-order valence-corrected chi connectivity index (χ1v) is 6.31. The smallest absolute Gasteiger partial charge is 0.285 e. The van der Waals surface area contributed by atoms with Crippen molar-refractivity contribution in [3.05, 3.63) is 39.4 Å². The number of para-hydroxylation sites is 1. The van der Waals surface area contributed by atoms with E-state index >= 15 is 0 Å². The zero-order chi connectivity index (χ0) is 14.0. The average molecular weight is 263 g/mol. The average Bonchev–Trinajstić information content (AvgIpc) is 2.74. The number of carbonyl (C=O) groups is 1. The number of aryl methyl sites for hydroxylation is 1. The van der Waals surface area contributed by atoms with Crippen molar-refractivity contribution >= 4 is 11.6 Å². The molecule has 6 heteroatoms. The van der Waals surface area contributed by atoms with Crippen LogP contribution in [0.4, 0.5) is 5.69 Å². The third kappa shape index (κ3) is 2.73. The third-order valence-electron chi connectivity index (χ3n) is 3.55. The summed E-state index contributed by atoms with van der Waals surface area (Å²) in [6, 6.07) is 4.59. The Morgan fingerprint density at radius 1 is 1.47 bits per heavy atom. The summed E-state index contributed by atoms with van der Waals surface area (Å²) in [4.78, 5) is 22.7. The van der Waals surface area contributed by atoms with E-state index in [2.05, 4.69) is 5.32 Å². The molecule has 1 aliphatic carbocycles. The second kappa shape index (κ2) is 5.36. The van der Waals surface area contributed by atoms with Gasteiger partial charge in [0.2, 0.25) is 0 Å². The van der Waals surface area contributed by atoms with Crippen molar-refractivity contribution in [2.75, 3.05) is 0 Å². The van der Waals surface area contributed by atoms with E-state index < -0.39 is 10.8 Å². The first-order valence-electron chi connectivity index (χ1n) is 6.31. The van der Waals surface area contributed by atoms with Crippen LogP contribution in [0.3, 0.4) is 0 Å². The van der Waals surface area contributed by atoms with Crippen molar-refractivity contribution in [1.82, 2.24) is 5.32 Å². The quantitative estimate of drug-likeness (QED) is 0.638. The van der Waals surface area contributed by atoms with E-state index in [1.165, 1.54) is 6.07 Å². The van der Waals surface area contributed by atoms with E-state index in [9.17, 15) is 14.9 Å².